The van der Waals surface area contributed by atoms with Crippen molar-refractivity contribution in [1.29, 1.82) is 0 Å². The second-order valence-corrected chi connectivity index (χ2v) is 6.04. The van der Waals surface area contributed by atoms with Gasteiger partial charge in [0.1, 0.15) is 11.5 Å². The van der Waals surface area contributed by atoms with Crippen molar-refractivity contribution in [1.82, 2.24) is 15.0 Å². The summed E-state index contributed by atoms with van der Waals surface area (Å²) in [6, 6.07) is 7.39. The van der Waals surface area contributed by atoms with Gasteiger partial charge in [0.25, 0.3) is 0 Å². The highest BCUT2D eigenvalue weighted by atomic mass is 32.1. The van der Waals surface area contributed by atoms with Gasteiger partial charge in [0.2, 0.25) is 5.95 Å². The first-order valence-corrected chi connectivity index (χ1v) is 8.32. The first-order chi connectivity index (χ1) is 11.7. The maximum atomic E-state index is 5.37. The lowest BCUT2D eigenvalue weighted by Crippen LogP contribution is -2.00. The Balaban J connectivity index is 1.89. The molecular weight excluding hydrogens is 324 g/mol. The van der Waals surface area contributed by atoms with Crippen LogP contribution in [0.25, 0.3) is 10.6 Å². The van der Waals surface area contributed by atoms with E-state index in [0.717, 1.165) is 33.4 Å². The highest BCUT2D eigenvalue weighted by molar-refractivity contribution is 7.15. The SMILES string of the molecule is CCc1ncc(-c2ccnc(Nc3cc(OC)ccc3OC)n2)s1. The minimum absolute atomic E-state index is 0.491. The van der Waals surface area contributed by atoms with Gasteiger partial charge in [-0.1, -0.05) is 6.92 Å². The standard InChI is InChI=1S/C17H18N4O2S/c1-4-16-19-10-15(24-16)12-7-8-18-17(20-12)21-13-9-11(22-2)5-6-14(13)23-3/h5-10H,4H2,1-3H3,(H,18,20,21). The Labute approximate surface area is 144 Å². The molecule has 2 aromatic heterocycles. The number of aryl methyl sites for hydroxylation is 1. The molecule has 0 aliphatic heterocycles. The van der Waals surface area contributed by atoms with E-state index in [-0.39, 0.29) is 0 Å². The molecule has 0 saturated carbocycles. The van der Waals surface area contributed by atoms with E-state index >= 15 is 0 Å². The molecule has 0 unspecified atom stereocenters. The molecular formula is C17H18N4O2S. The maximum Gasteiger partial charge on any atom is 0.227 e. The molecule has 0 radical (unpaired) electrons. The number of nitrogens with one attached hydrogen (secondary N) is 1. The molecule has 7 heteroatoms. The maximum absolute atomic E-state index is 5.37. The number of aromatic nitrogens is 3. The summed E-state index contributed by atoms with van der Waals surface area (Å²) >= 11 is 1.64. The van der Waals surface area contributed by atoms with E-state index in [0.29, 0.717) is 11.7 Å². The molecule has 3 rings (SSSR count). The van der Waals surface area contributed by atoms with Gasteiger partial charge in [0, 0.05) is 18.5 Å². The average Bonchev–Trinajstić information content (AvgIpc) is 3.11. The third kappa shape index (κ3) is 3.46. The molecule has 0 aliphatic carbocycles. The van der Waals surface area contributed by atoms with Gasteiger partial charge in [-0.25, -0.2) is 15.0 Å². The van der Waals surface area contributed by atoms with Gasteiger partial charge >= 0.3 is 0 Å². The van der Waals surface area contributed by atoms with Crippen LogP contribution >= 0.6 is 11.3 Å². The van der Waals surface area contributed by atoms with Gasteiger partial charge in [0.15, 0.2) is 0 Å². The fourth-order valence-electron chi connectivity index (χ4n) is 2.18. The van der Waals surface area contributed by atoms with Crippen molar-refractivity contribution in [2.45, 2.75) is 13.3 Å². The molecule has 2 heterocycles. The summed E-state index contributed by atoms with van der Waals surface area (Å²) in [7, 11) is 3.24. The summed E-state index contributed by atoms with van der Waals surface area (Å²) in [5.74, 6) is 1.91. The quantitative estimate of drug-likeness (QED) is 0.732. The average molecular weight is 342 g/mol. The van der Waals surface area contributed by atoms with Crippen LogP contribution in [0.4, 0.5) is 11.6 Å². The number of hydrogen-bond donors (Lipinski definition) is 1. The van der Waals surface area contributed by atoms with Gasteiger partial charge in [-0.2, -0.15) is 0 Å². The Bertz CT molecular complexity index is 835. The minimum atomic E-state index is 0.491. The second kappa shape index (κ2) is 7.27. The van der Waals surface area contributed by atoms with E-state index < -0.39 is 0 Å². The van der Waals surface area contributed by atoms with Gasteiger partial charge in [0.05, 0.1) is 35.5 Å². The van der Waals surface area contributed by atoms with Crippen molar-refractivity contribution in [2.75, 3.05) is 19.5 Å². The summed E-state index contributed by atoms with van der Waals surface area (Å²) in [5, 5.41) is 4.28. The number of thiazole rings is 1. The fraction of sp³-hybridized carbons (Fsp3) is 0.235. The monoisotopic (exact) mass is 342 g/mol. The largest absolute Gasteiger partial charge is 0.497 e. The van der Waals surface area contributed by atoms with Crippen LogP contribution in [0.3, 0.4) is 0 Å². The predicted octanol–water partition coefficient (Wildman–Crippen LogP) is 3.92. The Morgan fingerprint density at radius 2 is 2.00 bits per heavy atom. The number of ether oxygens (including phenoxy) is 2. The highest BCUT2D eigenvalue weighted by Crippen LogP contribution is 2.31. The van der Waals surface area contributed by atoms with Crippen molar-refractivity contribution in [3.8, 4) is 22.1 Å². The van der Waals surface area contributed by atoms with E-state index in [1.165, 1.54) is 0 Å². The molecule has 1 aromatic carbocycles. The van der Waals surface area contributed by atoms with Crippen LogP contribution in [-0.4, -0.2) is 29.2 Å². The zero-order valence-corrected chi connectivity index (χ0v) is 14.6. The van der Waals surface area contributed by atoms with Crippen LogP contribution < -0.4 is 14.8 Å². The van der Waals surface area contributed by atoms with Crippen molar-refractivity contribution in [3.63, 3.8) is 0 Å². The zero-order valence-electron chi connectivity index (χ0n) is 13.7. The third-order valence-corrected chi connectivity index (χ3v) is 4.58. The number of nitrogens with zero attached hydrogens (tertiary/aromatic N) is 3. The fourth-order valence-corrected chi connectivity index (χ4v) is 3.01. The second-order valence-electron chi connectivity index (χ2n) is 4.93. The van der Waals surface area contributed by atoms with Gasteiger partial charge in [-0.3, -0.25) is 0 Å². The normalized spacial score (nSPS) is 10.5. The molecule has 124 valence electrons. The molecule has 0 aliphatic rings. The molecule has 0 saturated heterocycles. The van der Waals surface area contributed by atoms with Crippen LogP contribution in [0.2, 0.25) is 0 Å². The zero-order chi connectivity index (χ0) is 16.9. The summed E-state index contributed by atoms with van der Waals surface area (Å²) in [6.45, 7) is 2.09. The van der Waals surface area contributed by atoms with E-state index in [2.05, 4.69) is 27.2 Å². The Morgan fingerprint density at radius 3 is 2.71 bits per heavy atom. The van der Waals surface area contributed by atoms with E-state index in [1.54, 1.807) is 31.8 Å². The van der Waals surface area contributed by atoms with E-state index in [9.17, 15) is 0 Å². The first-order valence-electron chi connectivity index (χ1n) is 7.50. The molecule has 0 amide bonds. The van der Waals surface area contributed by atoms with Crippen LogP contribution in [0.5, 0.6) is 11.5 Å². The first kappa shape index (κ1) is 16.2. The minimum Gasteiger partial charge on any atom is -0.497 e. The molecule has 0 bridgehead atoms. The number of hydrogen-bond acceptors (Lipinski definition) is 7. The summed E-state index contributed by atoms with van der Waals surface area (Å²) in [6.07, 6.45) is 4.49. The number of anilines is 2. The van der Waals surface area contributed by atoms with Crippen molar-refractivity contribution >= 4 is 23.0 Å². The number of methoxy groups -OCH3 is 2. The van der Waals surface area contributed by atoms with Crippen LogP contribution in [-0.2, 0) is 6.42 Å². The topological polar surface area (TPSA) is 69.2 Å². The molecule has 0 atom stereocenters. The van der Waals surface area contributed by atoms with Gasteiger partial charge < -0.3 is 14.8 Å². The predicted molar refractivity (Wildman–Crippen MR) is 95.3 cm³/mol. The van der Waals surface area contributed by atoms with Gasteiger partial charge in [-0.05, 0) is 24.6 Å². The Kier molecular flexibility index (Phi) is 4.90. The molecule has 0 fully saturated rings. The third-order valence-electron chi connectivity index (χ3n) is 3.42. The molecule has 0 spiro atoms. The summed E-state index contributed by atoms with van der Waals surface area (Å²) in [4.78, 5) is 14.3. The lowest BCUT2D eigenvalue weighted by molar-refractivity contribution is 0.405. The van der Waals surface area contributed by atoms with Crippen molar-refractivity contribution < 1.29 is 9.47 Å². The summed E-state index contributed by atoms with van der Waals surface area (Å²) < 4.78 is 10.6. The molecule has 24 heavy (non-hydrogen) atoms. The number of rotatable bonds is 6. The van der Waals surface area contributed by atoms with Crippen molar-refractivity contribution in [3.05, 3.63) is 41.7 Å². The lowest BCUT2D eigenvalue weighted by atomic mass is 10.2. The van der Waals surface area contributed by atoms with E-state index in [4.69, 9.17) is 9.47 Å². The Morgan fingerprint density at radius 1 is 1.12 bits per heavy atom. The van der Waals surface area contributed by atoms with E-state index in [1.807, 2.05) is 30.5 Å². The smallest absolute Gasteiger partial charge is 0.227 e. The Hall–Kier alpha value is -2.67. The van der Waals surface area contributed by atoms with Crippen LogP contribution in [0, 0.1) is 0 Å². The molecule has 1 N–H and O–H groups in total. The highest BCUT2D eigenvalue weighted by Gasteiger charge is 2.09. The molecule has 6 nitrogen and oxygen atoms in total. The van der Waals surface area contributed by atoms with Crippen molar-refractivity contribution in [2.24, 2.45) is 0 Å². The van der Waals surface area contributed by atoms with Crippen LogP contribution in [0.15, 0.2) is 36.7 Å². The van der Waals surface area contributed by atoms with Crippen LogP contribution in [0.1, 0.15) is 11.9 Å². The number of benzene rings is 1. The summed E-state index contributed by atoms with van der Waals surface area (Å²) in [5.41, 5.74) is 1.58. The molecule has 3 aromatic rings. The van der Waals surface area contributed by atoms with Gasteiger partial charge in [-0.15, -0.1) is 11.3 Å². The lowest BCUT2D eigenvalue weighted by Gasteiger charge is -2.11.